The monoisotopic (exact) mass is 413 g/mol. The highest BCUT2D eigenvalue weighted by molar-refractivity contribution is 6.32. The third-order valence-electron chi connectivity index (χ3n) is 5.13. The van der Waals surface area contributed by atoms with Crippen molar-refractivity contribution in [2.45, 2.75) is 38.6 Å². The van der Waals surface area contributed by atoms with Crippen LogP contribution < -0.4 is 5.32 Å². The van der Waals surface area contributed by atoms with Crippen LogP contribution in [0, 0.1) is 27.4 Å². The molecule has 0 spiro atoms. The van der Waals surface area contributed by atoms with E-state index in [1.807, 2.05) is 6.07 Å². The molecular weight excluding hydrogens is 394 g/mol. The van der Waals surface area contributed by atoms with Crippen LogP contribution in [0.2, 0.25) is 5.02 Å². The minimum atomic E-state index is -0.569. The molecular formula is C21H20ClN3O4. The quantitative estimate of drug-likeness (QED) is 0.317. The average Bonchev–Trinajstić information content (AvgIpc) is 3.16. The molecule has 0 saturated heterocycles. The van der Waals surface area contributed by atoms with Gasteiger partial charge in [-0.2, -0.15) is 5.26 Å². The number of furan rings is 1. The number of nitrogens with one attached hydrogen (secondary N) is 1. The molecule has 150 valence electrons. The molecule has 1 aromatic heterocycles. The van der Waals surface area contributed by atoms with E-state index in [0.29, 0.717) is 23.0 Å². The second kappa shape index (κ2) is 8.93. The fourth-order valence-corrected chi connectivity index (χ4v) is 3.65. The zero-order valence-corrected chi connectivity index (χ0v) is 16.6. The van der Waals surface area contributed by atoms with Crippen molar-refractivity contribution in [2.75, 3.05) is 0 Å². The Bertz CT molecular complexity index is 1010. The predicted molar refractivity (Wildman–Crippen MR) is 109 cm³/mol. The Hall–Kier alpha value is -3.11. The van der Waals surface area contributed by atoms with Gasteiger partial charge in [0.05, 0.1) is 4.92 Å². The Balaban J connectivity index is 1.79. The molecule has 8 heteroatoms. The summed E-state index contributed by atoms with van der Waals surface area (Å²) in [6.45, 7) is 2.10. The van der Waals surface area contributed by atoms with Crippen molar-refractivity contribution in [1.29, 1.82) is 5.26 Å². The van der Waals surface area contributed by atoms with E-state index in [-0.39, 0.29) is 22.3 Å². The van der Waals surface area contributed by atoms with Crippen LogP contribution in [0.15, 0.2) is 40.3 Å². The fourth-order valence-electron chi connectivity index (χ4n) is 3.46. The molecule has 2 aromatic rings. The van der Waals surface area contributed by atoms with Crippen molar-refractivity contribution in [2.24, 2.45) is 5.92 Å². The molecule has 1 aliphatic rings. The molecule has 1 amide bonds. The number of nitro groups is 1. The van der Waals surface area contributed by atoms with Gasteiger partial charge in [0, 0.05) is 23.7 Å². The van der Waals surface area contributed by atoms with Crippen molar-refractivity contribution in [1.82, 2.24) is 5.32 Å². The molecule has 1 aliphatic carbocycles. The molecule has 29 heavy (non-hydrogen) atoms. The van der Waals surface area contributed by atoms with Gasteiger partial charge in [-0.15, -0.1) is 0 Å². The lowest BCUT2D eigenvalue weighted by atomic mass is 9.86. The van der Waals surface area contributed by atoms with Gasteiger partial charge in [0.15, 0.2) is 0 Å². The minimum Gasteiger partial charge on any atom is -0.457 e. The van der Waals surface area contributed by atoms with Crippen molar-refractivity contribution < 1.29 is 14.1 Å². The Morgan fingerprint density at radius 3 is 2.79 bits per heavy atom. The van der Waals surface area contributed by atoms with Crippen LogP contribution in [0.1, 0.15) is 38.4 Å². The van der Waals surface area contributed by atoms with Gasteiger partial charge in [-0.05, 0) is 43.0 Å². The van der Waals surface area contributed by atoms with Crippen molar-refractivity contribution >= 4 is 29.3 Å². The summed E-state index contributed by atoms with van der Waals surface area (Å²) in [5, 5.41) is 23.4. The number of amides is 1. The van der Waals surface area contributed by atoms with Crippen molar-refractivity contribution in [3.8, 4) is 17.4 Å². The van der Waals surface area contributed by atoms with Gasteiger partial charge >= 0.3 is 0 Å². The molecule has 0 aliphatic heterocycles. The molecule has 1 saturated carbocycles. The third-order valence-corrected chi connectivity index (χ3v) is 5.45. The van der Waals surface area contributed by atoms with E-state index in [1.165, 1.54) is 18.2 Å². The highest BCUT2D eigenvalue weighted by Crippen LogP contribution is 2.31. The summed E-state index contributed by atoms with van der Waals surface area (Å²) in [5.41, 5.74) is 0.196. The van der Waals surface area contributed by atoms with Gasteiger partial charge in [0.1, 0.15) is 28.2 Å². The molecule has 0 radical (unpaired) electrons. The van der Waals surface area contributed by atoms with Crippen LogP contribution in [0.25, 0.3) is 17.4 Å². The predicted octanol–water partition coefficient (Wildman–Crippen LogP) is 5.11. The van der Waals surface area contributed by atoms with Gasteiger partial charge in [-0.1, -0.05) is 31.4 Å². The number of carbonyl (C=O) groups is 1. The molecule has 1 aromatic carbocycles. The highest BCUT2D eigenvalue weighted by atomic mass is 35.5. The summed E-state index contributed by atoms with van der Waals surface area (Å²) in [7, 11) is 0. The first-order valence-corrected chi connectivity index (χ1v) is 9.73. The largest absolute Gasteiger partial charge is 0.457 e. The summed E-state index contributed by atoms with van der Waals surface area (Å²) in [6, 6.07) is 9.54. The summed E-state index contributed by atoms with van der Waals surface area (Å²) in [6.07, 6.45) is 5.57. The Morgan fingerprint density at radius 2 is 2.10 bits per heavy atom. The SMILES string of the molecule is C[C@@H]1CCCC[C@@H]1NC(=O)/C(C#N)=C/c1ccc(-c2ccc(Cl)c([N+](=O)[O-])c2)o1. The molecule has 1 heterocycles. The number of benzene rings is 1. The number of nitriles is 1. The topological polar surface area (TPSA) is 109 Å². The Kier molecular flexibility index (Phi) is 6.35. The second-order valence-corrected chi connectivity index (χ2v) is 7.54. The minimum absolute atomic E-state index is 0.0332. The molecule has 2 atom stereocenters. The highest BCUT2D eigenvalue weighted by Gasteiger charge is 2.24. The van der Waals surface area contributed by atoms with Gasteiger partial charge in [0.2, 0.25) is 0 Å². The Morgan fingerprint density at radius 1 is 1.34 bits per heavy atom. The molecule has 0 bridgehead atoms. The van der Waals surface area contributed by atoms with Crippen molar-refractivity contribution in [3.63, 3.8) is 0 Å². The van der Waals surface area contributed by atoms with Crippen LogP contribution in [-0.4, -0.2) is 16.9 Å². The number of hydrogen-bond donors (Lipinski definition) is 1. The van der Waals surface area contributed by atoms with Crippen LogP contribution in [-0.2, 0) is 4.79 Å². The lowest BCUT2D eigenvalue weighted by Gasteiger charge is -2.29. The Labute approximate surface area is 173 Å². The van der Waals surface area contributed by atoms with Crippen LogP contribution in [0.4, 0.5) is 5.69 Å². The molecule has 0 unspecified atom stereocenters. The van der Waals surface area contributed by atoms with Crippen LogP contribution in [0.5, 0.6) is 0 Å². The van der Waals surface area contributed by atoms with Crippen molar-refractivity contribution in [3.05, 3.63) is 56.8 Å². The van der Waals surface area contributed by atoms with Gasteiger partial charge in [-0.25, -0.2) is 0 Å². The maximum atomic E-state index is 12.5. The number of nitrogens with zero attached hydrogens (tertiary/aromatic N) is 2. The molecule has 7 nitrogen and oxygen atoms in total. The fraction of sp³-hybridized carbons (Fsp3) is 0.333. The van der Waals surface area contributed by atoms with E-state index >= 15 is 0 Å². The number of hydrogen-bond acceptors (Lipinski definition) is 5. The molecule has 1 N–H and O–H groups in total. The standard InChI is InChI=1S/C21H20ClN3O4/c1-13-4-2-3-5-18(13)24-21(26)15(12-23)10-16-7-9-20(29-16)14-6-8-17(22)19(11-14)25(27)28/h6-11,13,18H,2-5H2,1H3,(H,24,26)/b15-10+/t13-,18+/m1/s1. The van der Waals surface area contributed by atoms with E-state index in [4.69, 9.17) is 16.0 Å². The summed E-state index contributed by atoms with van der Waals surface area (Å²) in [5.74, 6) is 0.630. The smallest absolute Gasteiger partial charge is 0.288 e. The lowest BCUT2D eigenvalue weighted by molar-refractivity contribution is -0.384. The zero-order chi connectivity index (χ0) is 21.0. The maximum absolute atomic E-state index is 12.5. The van der Waals surface area contributed by atoms with E-state index in [9.17, 15) is 20.2 Å². The van der Waals surface area contributed by atoms with E-state index in [0.717, 1.165) is 25.7 Å². The lowest BCUT2D eigenvalue weighted by Crippen LogP contribution is -2.41. The summed E-state index contributed by atoms with van der Waals surface area (Å²) < 4.78 is 5.66. The average molecular weight is 414 g/mol. The van der Waals surface area contributed by atoms with E-state index in [1.54, 1.807) is 18.2 Å². The van der Waals surface area contributed by atoms with E-state index in [2.05, 4.69) is 12.2 Å². The van der Waals surface area contributed by atoms with Crippen LogP contribution >= 0.6 is 11.6 Å². The summed E-state index contributed by atoms with van der Waals surface area (Å²) in [4.78, 5) is 23.0. The molecule has 3 rings (SSSR count). The molecule has 1 fully saturated rings. The van der Waals surface area contributed by atoms with Crippen LogP contribution in [0.3, 0.4) is 0 Å². The number of carbonyl (C=O) groups excluding carboxylic acids is 1. The first kappa shape index (κ1) is 20.6. The normalized spacial score (nSPS) is 19.4. The van der Waals surface area contributed by atoms with Gasteiger partial charge in [0.25, 0.3) is 11.6 Å². The summed E-state index contributed by atoms with van der Waals surface area (Å²) >= 11 is 5.83. The van der Waals surface area contributed by atoms with Gasteiger partial charge in [-0.3, -0.25) is 14.9 Å². The van der Waals surface area contributed by atoms with Gasteiger partial charge < -0.3 is 9.73 Å². The van der Waals surface area contributed by atoms with E-state index < -0.39 is 10.8 Å². The second-order valence-electron chi connectivity index (χ2n) is 7.14. The zero-order valence-electron chi connectivity index (χ0n) is 15.9. The number of rotatable bonds is 5. The first-order chi connectivity index (χ1) is 13.9. The number of halogens is 1. The maximum Gasteiger partial charge on any atom is 0.288 e. The third kappa shape index (κ3) is 4.84. The number of nitro benzene ring substituents is 1. The first-order valence-electron chi connectivity index (χ1n) is 9.36.